The minimum Gasteiger partial charge on any atom is -0.395 e. The average molecular weight is 216 g/mol. The molecule has 88 valence electrons. The summed E-state index contributed by atoms with van der Waals surface area (Å²) in [5, 5.41) is 11.2. The summed E-state index contributed by atoms with van der Waals surface area (Å²) >= 11 is 0. The molecule has 0 saturated carbocycles. The second kappa shape index (κ2) is 8.23. The van der Waals surface area contributed by atoms with Crippen LogP contribution in [0.15, 0.2) is 0 Å². The van der Waals surface area contributed by atoms with Crippen LogP contribution in [0.3, 0.4) is 0 Å². The molecular formula is C10H20N2O3. The third kappa shape index (κ3) is 6.06. The van der Waals surface area contributed by atoms with Gasteiger partial charge in [-0.15, -0.1) is 0 Å². The molecule has 0 aliphatic heterocycles. The summed E-state index contributed by atoms with van der Waals surface area (Å²) < 4.78 is 0. The van der Waals surface area contributed by atoms with E-state index >= 15 is 0 Å². The first-order chi connectivity index (χ1) is 7.15. The Bertz CT molecular complexity index is 207. The zero-order chi connectivity index (χ0) is 11.7. The molecule has 0 rings (SSSR count). The quantitative estimate of drug-likeness (QED) is 0.616. The van der Waals surface area contributed by atoms with Gasteiger partial charge in [-0.2, -0.15) is 0 Å². The van der Waals surface area contributed by atoms with E-state index in [0.29, 0.717) is 19.5 Å². The summed E-state index contributed by atoms with van der Waals surface area (Å²) in [6.07, 6.45) is 1.22. The van der Waals surface area contributed by atoms with Gasteiger partial charge in [0.05, 0.1) is 13.2 Å². The fourth-order valence-electron chi connectivity index (χ4n) is 1.18. The number of carbonyl (C=O) groups is 2. The number of hydrogen-bond acceptors (Lipinski definition) is 3. The van der Waals surface area contributed by atoms with Gasteiger partial charge in [0, 0.05) is 19.5 Å². The molecule has 0 bridgehead atoms. The van der Waals surface area contributed by atoms with Crippen LogP contribution in [-0.2, 0) is 9.59 Å². The van der Waals surface area contributed by atoms with Gasteiger partial charge in [0.25, 0.3) is 0 Å². The number of nitrogens with zero attached hydrogens (tertiary/aromatic N) is 1. The smallest absolute Gasteiger partial charge is 0.242 e. The lowest BCUT2D eigenvalue weighted by Crippen LogP contribution is -2.41. The Morgan fingerprint density at radius 2 is 2.00 bits per heavy atom. The standard InChI is InChI=1S/C10H20N2O3/c1-3-5-9(14)11-8-10(15)12(4-2)6-7-13/h13H,3-8H2,1-2H3,(H,11,14). The summed E-state index contributed by atoms with van der Waals surface area (Å²) in [5.41, 5.74) is 0. The van der Waals surface area contributed by atoms with E-state index in [-0.39, 0.29) is 25.0 Å². The van der Waals surface area contributed by atoms with Crippen molar-refractivity contribution in [3.8, 4) is 0 Å². The van der Waals surface area contributed by atoms with E-state index in [9.17, 15) is 9.59 Å². The third-order valence-electron chi connectivity index (χ3n) is 2.02. The fraction of sp³-hybridized carbons (Fsp3) is 0.800. The van der Waals surface area contributed by atoms with Gasteiger partial charge in [-0.05, 0) is 13.3 Å². The number of hydrogen-bond donors (Lipinski definition) is 2. The van der Waals surface area contributed by atoms with Gasteiger partial charge < -0.3 is 15.3 Å². The molecule has 15 heavy (non-hydrogen) atoms. The second-order valence-electron chi connectivity index (χ2n) is 3.22. The number of carbonyl (C=O) groups excluding carboxylic acids is 2. The van der Waals surface area contributed by atoms with Crippen molar-refractivity contribution in [3.05, 3.63) is 0 Å². The third-order valence-corrected chi connectivity index (χ3v) is 2.02. The summed E-state index contributed by atoms with van der Waals surface area (Å²) in [5.74, 6) is -0.262. The molecule has 0 aliphatic rings. The first-order valence-corrected chi connectivity index (χ1v) is 5.31. The second-order valence-corrected chi connectivity index (χ2v) is 3.22. The van der Waals surface area contributed by atoms with Crippen LogP contribution < -0.4 is 5.32 Å². The molecule has 0 spiro atoms. The van der Waals surface area contributed by atoms with E-state index in [4.69, 9.17) is 5.11 Å². The summed E-state index contributed by atoms with van der Waals surface area (Å²) in [6.45, 7) is 4.57. The highest BCUT2D eigenvalue weighted by Crippen LogP contribution is 1.89. The van der Waals surface area contributed by atoms with Crippen molar-refractivity contribution in [3.63, 3.8) is 0 Å². The lowest BCUT2D eigenvalue weighted by atomic mass is 10.3. The summed E-state index contributed by atoms with van der Waals surface area (Å²) in [6, 6.07) is 0. The maximum Gasteiger partial charge on any atom is 0.242 e. The summed E-state index contributed by atoms with van der Waals surface area (Å²) in [7, 11) is 0. The Hall–Kier alpha value is -1.10. The minimum absolute atomic E-state index is 0.0205. The lowest BCUT2D eigenvalue weighted by molar-refractivity contribution is -0.133. The van der Waals surface area contributed by atoms with Crippen molar-refractivity contribution in [1.29, 1.82) is 0 Å². The maximum absolute atomic E-state index is 11.5. The molecule has 0 saturated heterocycles. The van der Waals surface area contributed by atoms with E-state index < -0.39 is 0 Å². The number of likely N-dealkylation sites (N-methyl/N-ethyl adjacent to an activating group) is 1. The van der Waals surface area contributed by atoms with Crippen molar-refractivity contribution in [2.45, 2.75) is 26.7 Å². The Labute approximate surface area is 90.5 Å². The van der Waals surface area contributed by atoms with Gasteiger partial charge >= 0.3 is 0 Å². The molecule has 0 fully saturated rings. The van der Waals surface area contributed by atoms with Gasteiger partial charge in [-0.1, -0.05) is 6.92 Å². The van der Waals surface area contributed by atoms with Crippen molar-refractivity contribution < 1.29 is 14.7 Å². The number of aliphatic hydroxyl groups excluding tert-OH is 1. The summed E-state index contributed by atoms with van der Waals surface area (Å²) in [4.78, 5) is 24.1. The normalized spacial score (nSPS) is 9.80. The Morgan fingerprint density at radius 3 is 2.47 bits per heavy atom. The number of amides is 2. The van der Waals surface area contributed by atoms with E-state index in [1.165, 1.54) is 4.90 Å². The molecule has 5 nitrogen and oxygen atoms in total. The molecule has 0 aromatic carbocycles. The number of nitrogens with one attached hydrogen (secondary N) is 1. The van der Waals surface area contributed by atoms with Crippen molar-refractivity contribution in [2.75, 3.05) is 26.2 Å². The van der Waals surface area contributed by atoms with Crippen LogP contribution in [0.25, 0.3) is 0 Å². The van der Waals surface area contributed by atoms with Crippen molar-refractivity contribution in [2.24, 2.45) is 0 Å². The monoisotopic (exact) mass is 216 g/mol. The van der Waals surface area contributed by atoms with Gasteiger partial charge in [-0.3, -0.25) is 9.59 Å². The molecule has 0 aromatic heterocycles. The van der Waals surface area contributed by atoms with Crippen LogP contribution >= 0.6 is 0 Å². The fourth-order valence-corrected chi connectivity index (χ4v) is 1.18. The molecule has 5 heteroatoms. The molecular weight excluding hydrogens is 196 g/mol. The highest BCUT2D eigenvalue weighted by atomic mass is 16.3. The first kappa shape index (κ1) is 13.9. The van der Waals surface area contributed by atoms with Crippen LogP contribution in [0.1, 0.15) is 26.7 Å². The number of rotatable bonds is 7. The maximum atomic E-state index is 11.5. The van der Waals surface area contributed by atoms with Gasteiger partial charge in [0.2, 0.25) is 11.8 Å². The van der Waals surface area contributed by atoms with Gasteiger partial charge in [0.1, 0.15) is 0 Å². The lowest BCUT2D eigenvalue weighted by Gasteiger charge is -2.19. The minimum atomic E-state index is -0.156. The van der Waals surface area contributed by atoms with Gasteiger partial charge in [-0.25, -0.2) is 0 Å². The Morgan fingerprint density at radius 1 is 1.33 bits per heavy atom. The molecule has 0 atom stereocenters. The molecule has 0 radical (unpaired) electrons. The first-order valence-electron chi connectivity index (χ1n) is 5.31. The predicted molar refractivity (Wildman–Crippen MR) is 57.3 cm³/mol. The van der Waals surface area contributed by atoms with E-state index in [2.05, 4.69) is 5.32 Å². The van der Waals surface area contributed by atoms with Gasteiger partial charge in [0.15, 0.2) is 0 Å². The highest BCUT2D eigenvalue weighted by Gasteiger charge is 2.11. The van der Waals surface area contributed by atoms with Crippen LogP contribution in [-0.4, -0.2) is 48.1 Å². The van der Waals surface area contributed by atoms with E-state index in [1.807, 2.05) is 13.8 Å². The predicted octanol–water partition coefficient (Wildman–Crippen LogP) is -0.256. The SMILES string of the molecule is CCCC(=O)NCC(=O)N(CC)CCO. The van der Waals surface area contributed by atoms with Crippen LogP contribution in [0.4, 0.5) is 0 Å². The zero-order valence-electron chi connectivity index (χ0n) is 9.45. The van der Waals surface area contributed by atoms with Crippen LogP contribution in [0.5, 0.6) is 0 Å². The van der Waals surface area contributed by atoms with E-state index in [1.54, 1.807) is 0 Å². The molecule has 2 N–H and O–H groups in total. The average Bonchev–Trinajstić information content (AvgIpc) is 2.23. The van der Waals surface area contributed by atoms with Crippen molar-refractivity contribution >= 4 is 11.8 Å². The van der Waals surface area contributed by atoms with Crippen LogP contribution in [0, 0.1) is 0 Å². The Kier molecular flexibility index (Phi) is 7.62. The highest BCUT2D eigenvalue weighted by molar-refractivity contribution is 5.84. The van der Waals surface area contributed by atoms with Crippen molar-refractivity contribution in [1.82, 2.24) is 10.2 Å². The number of aliphatic hydroxyl groups is 1. The topological polar surface area (TPSA) is 69.6 Å². The zero-order valence-corrected chi connectivity index (χ0v) is 9.45. The van der Waals surface area contributed by atoms with Crippen LogP contribution in [0.2, 0.25) is 0 Å². The molecule has 0 aromatic rings. The molecule has 2 amide bonds. The Balaban J connectivity index is 3.84. The van der Waals surface area contributed by atoms with E-state index in [0.717, 1.165) is 6.42 Å². The largest absolute Gasteiger partial charge is 0.395 e. The molecule has 0 heterocycles. The molecule has 0 unspecified atom stereocenters. The molecule has 0 aliphatic carbocycles.